The molecule has 0 aromatic rings. The van der Waals surface area contributed by atoms with Gasteiger partial charge < -0.3 is 9.84 Å². The van der Waals surface area contributed by atoms with E-state index < -0.39 is 30.2 Å². The first-order valence-corrected chi connectivity index (χ1v) is 3.33. The summed E-state index contributed by atoms with van der Waals surface area (Å²) in [7, 11) is 0. The van der Waals surface area contributed by atoms with Crippen LogP contribution in [0.1, 0.15) is 13.8 Å². The molecule has 0 spiro atoms. The summed E-state index contributed by atoms with van der Waals surface area (Å²) in [5, 5.41) is 8.60. The van der Waals surface area contributed by atoms with Gasteiger partial charge in [0.15, 0.2) is 12.4 Å². The van der Waals surface area contributed by atoms with Gasteiger partial charge in [0.2, 0.25) is 5.78 Å². The van der Waals surface area contributed by atoms with E-state index in [4.69, 9.17) is 5.11 Å². The van der Waals surface area contributed by atoms with Crippen LogP contribution in [0.4, 0.5) is 0 Å². The van der Waals surface area contributed by atoms with E-state index in [1.165, 1.54) is 6.92 Å². The van der Waals surface area contributed by atoms with E-state index in [1.54, 1.807) is 0 Å². The molecule has 0 amide bonds. The molecule has 0 aliphatic heterocycles. The van der Waals surface area contributed by atoms with Crippen LogP contribution in [0.3, 0.4) is 0 Å². The zero-order valence-electron chi connectivity index (χ0n) is 6.86. The minimum absolute atomic E-state index is 0.598. The summed E-state index contributed by atoms with van der Waals surface area (Å²) < 4.78 is 4.27. The summed E-state index contributed by atoms with van der Waals surface area (Å²) in [6, 6.07) is 0. The van der Waals surface area contributed by atoms with Gasteiger partial charge >= 0.3 is 5.97 Å². The number of ether oxygens (including phenoxy) is 1. The number of hydrogen-bond acceptors (Lipinski definition) is 5. The molecule has 0 saturated carbocycles. The van der Waals surface area contributed by atoms with Crippen molar-refractivity contribution < 1.29 is 24.2 Å². The van der Waals surface area contributed by atoms with Gasteiger partial charge in [-0.1, -0.05) is 0 Å². The second kappa shape index (κ2) is 4.61. The molecule has 0 aromatic heterocycles. The van der Waals surface area contributed by atoms with Crippen molar-refractivity contribution in [1.29, 1.82) is 0 Å². The third-order valence-corrected chi connectivity index (χ3v) is 1.08. The third-order valence-electron chi connectivity index (χ3n) is 1.08. The Bertz CT molecular complexity index is 206. The predicted molar refractivity (Wildman–Crippen MR) is 38.3 cm³/mol. The van der Waals surface area contributed by atoms with Crippen LogP contribution >= 0.6 is 0 Å². The third kappa shape index (κ3) is 3.82. The number of carbonyl (C=O) groups excluding carboxylic acids is 3. The van der Waals surface area contributed by atoms with Crippen molar-refractivity contribution in [3.05, 3.63) is 0 Å². The Morgan fingerprint density at radius 3 is 2.25 bits per heavy atom. The first-order valence-electron chi connectivity index (χ1n) is 3.33. The summed E-state index contributed by atoms with van der Waals surface area (Å²) >= 11 is 0. The van der Waals surface area contributed by atoms with E-state index in [0.29, 0.717) is 0 Å². The summed E-state index contributed by atoms with van der Waals surface area (Å²) in [6.45, 7) is 1.69. The molecule has 1 unspecified atom stereocenters. The maximum Gasteiger partial charge on any atom is 0.335 e. The quantitative estimate of drug-likeness (QED) is 0.440. The van der Waals surface area contributed by atoms with E-state index in [0.717, 1.165) is 6.92 Å². The lowest BCUT2D eigenvalue weighted by Gasteiger charge is -2.03. The average Bonchev–Trinajstić information content (AvgIpc) is 1.98. The lowest BCUT2D eigenvalue weighted by atomic mass is 10.3. The molecule has 0 fully saturated rings. The molecule has 1 atom stereocenters. The molecule has 0 saturated heterocycles. The molecule has 1 N–H and O–H groups in total. The number of aliphatic hydroxyl groups is 1. The smallest absolute Gasteiger partial charge is 0.335 e. The van der Waals surface area contributed by atoms with E-state index in [2.05, 4.69) is 4.74 Å². The molecule has 0 rings (SSSR count). The largest absolute Gasteiger partial charge is 0.455 e. The molecule has 12 heavy (non-hydrogen) atoms. The molecule has 0 aliphatic carbocycles. The number of Topliss-reactive ketones (excluding diaryl/α,β-unsaturated/α-hetero) is 2. The highest BCUT2D eigenvalue weighted by Gasteiger charge is 2.14. The first kappa shape index (κ1) is 10.8. The number of carbonyl (C=O) groups is 3. The average molecular weight is 174 g/mol. The molecular formula is C7H10O5. The van der Waals surface area contributed by atoms with E-state index in [-0.39, 0.29) is 0 Å². The van der Waals surface area contributed by atoms with Crippen molar-refractivity contribution in [1.82, 2.24) is 0 Å². The fourth-order valence-corrected chi connectivity index (χ4v) is 0.359. The zero-order chi connectivity index (χ0) is 9.72. The van der Waals surface area contributed by atoms with Crippen molar-refractivity contribution in [3.63, 3.8) is 0 Å². The van der Waals surface area contributed by atoms with Gasteiger partial charge in [0.05, 0.1) is 0 Å². The molecule has 0 aromatic carbocycles. The predicted octanol–water partition coefficient (Wildman–Crippen LogP) is -0.931. The molecule has 68 valence electrons. The highest BCUT2D eigenvalue weighted by molar-refractivity contribution is 6.36. The fourth-order valence-electron chi connectivity index (χ4n) is 0.359. The maximum atomic E-state index is 10.6. The standard InChI is InChI=1S/C7H10O5/c1-4(8)6(10)3-12-7(11)5(2)9/h5,9H,3H2,1-2H3. The minimum Gasteiger partial charge on any atom is -0.455 e. The lowest BCUT2D eigenvalue weighted by Crippen LogP contribution is -2.25. The van der Waals surface area contributed by atoms with E-state index >= 15 is 0 Å². The topological polar surface area (TPSA) is 80.7 Å². The zero-order valence-corrected chi connectivity index (χ0v) is 6.86. The second-order valence-electron chi connectivity index (χ2n) is 2.26. The van der Waals surface area contributed by atoms with Crippen molar-refractivity contribution in [2.45, 2.75) is 20.0 Å². The fraction of sp³-hybridized carbons (Fsp3) is 0.571. The Kier molecular flexibility index (Phi) is 4.14. The van der Waals surface area contributed by atoms with Crippen molar-refractivity contribution in [2.24, 2.45) is 0 Å². The Morgan fingerprint density at radius 2 is 1.92 bits per heavy atom. The molecule has 0 aliphatic rings. The maximum absolute atomic E-state index is 10.6. The SMILES string of the molecule is CC(=O)C(=O)COC(=O)C(C)O. The molecule has 0 bridgehead atoms. The molecular weight excluding hydrogens is 164 g/mol. The Morgan fingerprint density at radius 1 is 1.42 bits per heavy atom. The van der Waals surface area contributed by atoms with Crippen LogP contribution in [0, 0.1) is 0 Å². The number of ketones is 2. The van der Waals surface area contributed by atoms with Gasteiger partial charge in [0, 0.05) is 6.92 Å². The van der Waals surface area contributed by atoms with Crippen LogP contribution in [0.25, 0.3) is 0 Å². The number of aliphatic hydroxyl groups excluding tert-OH is 1. The molecule has 5 heteroatoms. The Hall–Kier alpha value is -1.23. The number of rotatable bonds is 4. The normalized spacial score (nSPS) is 11.9. The van der Waals surface area contributed by atoms with Crippen LogP contribution in [-0.4, -0.2) is 35.4 Å². The molecule has 0 radical (unpaired) electrons. The lowest BCUT2D eigenvalue weighted by molar-refractivity contribution is -0.156. The highest BCUT2D eigenvalue weighted by atomic mass is 16.5. The second-order valence-corrected chi connectivity index (χ2v) is 2.26. The van der Waals surface area contributed by atoms with Crippen LogP contribution in [-0.2, 0) is 19.1 Å². The summed E-state index contributed by atoms with van der Waals surface area (Å²) in [5.74, 6) is -2.37. The summed E-state index contributed by atoms with van der Waals surface area (Å²) in [6.07, 6.45) is -1.27. The van der Waals surface area contributed by atoms with Gasteiger partial charge in [-0.05, 0) is 6.92 Å². The van der Waals surface area contributed by atoms with E-state index in [9.17, 15) is 14.4 Å². The Balaban J connectivity index is 3.77. The van der Waals surface area contributed by atoms with Crippen LogP contribution in [0.15, 0.2) is 0 Å². The van der Waals surface area contributed by atoms with Gasteiger partial charge in [0.25, 0.3) is 0 Å². The van der Waals surface area contributed by atoms with Gasteiger partial charge in [-0.15, -0.1) is 0 Å². The summed E-state index contributed by atoms with van der Waals surface area (Å²) in [4.78, 5) is 31.4. The minimum atomic E-state index is -1.27. The van der Waals surface area contributed by atoms with Crippen molar-refractivity contribution >= 4 is 17.5 Å². The Labute approximate surface area is 69.3 Å². The van der Waals surface area contributed by atoms with Gasteiger partial charge in [-0.3, -0.25) is 9.59 Å². The van der Waals surface area contributed by atoms with Crippen molar-refractivity contribution in [3.8, 4) is 0 Å². The van der Waals surface area contributed by atoms with Crippen LogP contribution in [0.5, 0.6) is 0 Å². The first-order chi connectivity index (χ1) is 5.45. The highest BCUT2D eigenvalue weighted by Crippen LogP contribution is 1.87. The van der Waals surface area contributed by atoms with Crippen LogP contribution < -0.4 is 0 Å². The molecule has 5 nitrogen and oxygen atoms in total. The van der Waals surface area contributed by atoms with E-state index in [1.807, 2.05) is 0 Å². The monoisotopic (exact) mass is 174 g/mol. The number of hydrogen-bond donors (Lipinski definition) is 1. The van der Waals surface area contributed by atoms with Crippen molar-refractivity contribution in [2.75, 3.05) is 6.61 Å². The number of esters is 1. The van der Waals surface area contributed by atoms with Gasteiger partial charge in [-0.25, -0.2) is 4.79 Å². The van der Waals surface area contributed by atoms with Gasteiger partial charge in [-0.2, -0.15) is 0 Å². The molecule has 0 heterocycles. The van der Waals surface area contributed by atoms with Crippen LogP contribution in [0.2, 0.25) is 0 Å². The van der Waals surface area contributed by atoms with Gasteiger partial charge in [0.1, 0.15) is 6.10 Å². The summed E-state index contributed by atoms with van der Waals surface area (Å²) in [5.41, 5.74) is 0.